The maximum Gasteiger partial charge on any atom is 0.0541 e. The Kier molecular flexibility index (Phi) is 9.06. The summed E-state index contributed by atoms with van der Waals surface area (Å²) in [6.07, 6.45) is 0. The molecule has 10 aromatic carbocycles. The highest BCUT2D eigenvalue weighted by Crippen LogP contribution is 2.47. The highest BCUT2D eigenvalue weighted by atomic mass is 32.1. The van der Waals surface area contributed by atoms with Gasteiger partial charge >= 0.3 is 0 Å². The van der Waals surface area contributed by atoms with E-state index in [1.54, 1.807) is 0 Å². The van der Waals surface area contributed by atoms with Crippen LogP contribution in [0.1, 0.15) is 0 Å². The summed E-state index contributed by atoms with van der Waals surface area (Å²) in [6, 6.07) is 88.4. The van der Waals surface area contributed by atoms with Crippen molar-refractivity contribution in [2.45, 2.75) is 0 Å². The van der Waals surface area contributed by atoms with Crippen LogP contribution in [0.15, 0.2) is 243 Å². The van der Waals surface area contributed by atoms with Gasteiger partial charge in [0.05, 0.1) is 16.7 Å². The van der Waals surface area contributed by atoms with Crippen molar-refractivity contribution in [2.75, 3.05) is 4.90 Å². The van der Waals surface area contributed by atoms with Crippen molar-refractivity contribution < 1.29 is 0 Å². The molecule has 0 bridgehead atoms. The SMILES string of the molecule is c1ccc(-c2ccccc2-c2ccccc2-c2ccccc2N(c2ccc(-c3ccc4c(c3)c3ccccc3n4-c3ccccc3)cc2)c2ccc3c(c2)sc2ccccc23)cc1. The predicted molar refractivity (Wildman–Crippen MR) is 270 cm³/mol. The minimum absolute atomic E-state index is 1.09. The van der Waals surface area contributed by atoms with Crippen LogP contribution in [0.25, 0.3) is 92.2 Å². The number of rotatable bonds is 8. The van der Waals surface area contributed by atoms with E-state index in [0.717, 1.165) is 28.3 Å². The molecule has 0 fully saturated rings. The maximum absolute atomic E-state index is 2.44. The van der Waals surface area contributed by atoms with Crippen LogP contribution in [0.3, 0.4) is 0 Å². The number of hydrogen-bond donors (Lipinski definition) is 0. The molecular weight excluding hydrogens is 781 g/mol. The van der Waals surface area contributed by atoms with Crippen molar-refractivity contribution >= 4 is 70.4 Å². The first-order valence-electron chi connectivity index (χ1n) is 21.5. The number of hydrogen-bond acceptors (Lipinski definition) is 2. The molecule has 3 heteroatoms. The van der Waals surface area contributed by atoms with Gasteiger partial charge in [0.2, 0.25) is 0 Å². The molecular formula is C60H40N2S. The van der Waals surface area contributed by atoms with E-state index >= 15 is 0 Å². The van der Waals surface area contributed by atoms with Gasteiger partial charge in [-0.15, -0.1) is 11.3 Å². The first-order valence-corrected chi connectivity index (χ1v) is 22.3. The lowest BCUT2D eigenvalue weighted by molar-refractivity contribution is 1.18. The van der Waals surface area contributed by atoms with E-state index in [-0.39, 0.29) is 0 Å². The number of para-hydroxylation sites is 3. The Morgan fingerprint density at radius 2 is 0.841 bits per heavy atom. The van der Waals surface area contributed by atoms with Crippen LogP contribution in [-0.2, 0) is 0 Å². The highest BCUT2D eigenvalue weighted by molar-refractivity contribution is 7.25. The smallest absolute Gasteiger partial charge is 0.0541 e. The summed E-state index contributed by atoms with van der Waals surface area (Å²) < 4.78 is 4.95. The average molecular weight is 821 g/mol. The Balaban J connectivity index is 1.01. The summed E-state index contributed by atoms with van der Waals surface area (Å²) in [5, 5.41) is 5.08. The second-order valence-corrected chi connectivity index (χ2v) is 17.1. The molecule has 12 rings (SSSR count). The van der Waals surface area contributed by atoms with Gasteiger partial charge in [-0.1, -0.05) is 176 Å². The van der Waals surface area contributed by atoms with Crippen molar-refractivity contribution in [1.82, 2.24) is 4.57 Å². The molecule has 0 aliphatic carbocycles. The van der Waals surface area contributed by atoms with E-state index in [0.29, 0.717) is 0 Å². The quantitative estimate of drug-likeness (QED) is 0.148. The van der Waals surface area contributed by atoms with Gasteiger partial charge in [-0.3, -0.25) is 0 Å². The fourth-order valence-electron chi connectivity index (χ4n) is 9.53. The monoisotopic (exact) mass is 820 g/mol. The molecule has 2 aromatic heterocycles. The van der Waals surface area contributed by atoms with E-state index in [1.165, 1.54) is 80.9 Å². The predicted octanol–water partition coefficient (Wildman–Crippen LogP) is 17.3. The number of aromatic nitrogens is 1. The van der Waals surface area contributed by atoms with Gasteiger partial charge in [-0.2, -0.15) is 0 Å². The summed E-state index contributed by atoms with van der Waals surface area (Å²) in [6.45, 7) is 0. The van der Waals surface area contributed by atoms with Gasteiger partial charge in [0, 0.05) is 53.6 Å². The summed E-state index contributed by atoms with van der Waals surface area (Å²) in [5.41, 5.74) is 16.4. The molecule has 0 unspecified atom stereocenters. The number of thiophene rings is 1. The third kappa shape index (κ3) is 6.41. The molecule has 0 amide bonds. The van der Waals surface area contributed by atoms with E-state index in [9.17, 15) is 0 Å². The molecule has 296 valence electrons. The van der Waals surface area contributed by atoms with Crippen molar-refractivity contribution in [3.05, 3.63) is 243 Å². The summed E-state index contributed by atoms with van der Waals surface area (Å²) in [4.78, 5) is 2.44. The average Bonchev–Trinajstić information content (AvgIpc) is 3.90. The minimum atomic E-state index is 1.09. The molecule has 2 heterocycles. The lowest BCUT2D eigenvalue weighted by Crippen LogP contribution is -2.11. The van der Waals surface area contributed by atoms with Crippen LogP contribution < -0.4 is 4.90 Å². The van der Waals surface area contributed by atoms with Crippen LogP contribution in [0.4, 0.5) is 17.1 Å². The molecule has 2 nitrogen and oxygen atoms in total. The van der Waals surface area contributed by atoms with E-state index < -0.39 is 0 Å². The Bertz CT molecular complexity index is 3620. The van der Waals surface area contributed by atoms with E-state index in [4.69, 9.17) is 0 Å². The third-order valence-corrected chi connectivity index (χ3v) is 13.6. The van der Waals surface area contributed by atoms with E-state index in [1.807, 2.05) is 11.3 Å². The lowest BCUT2D eigenvalue weighted by atomic mass is 9.88. The van der Waals surface area contributed by atoms with Gasteiger partial charge in [-0.25, -0.2) is 0 Å². The molecule has 0 saturated heterocycles. The maximum atomic E-state index is 2.44. The summed E-state index contributed by atoms with van der Waals surface area (Å²) in [5.74, 6) is 0. The van der Waals surface area contributed by atoms with Gasteiger partial charge in [0.1, 0.15) is 0 Å². The summed E-state index contributed by atoms with van der Waals surface area (Å²) in [7, 11) is 0. The zero-order chi connectivity index (χ0) is 41.7. The Morgan fingerprint density at radius 3 is 1.62 bits per heavy atom. The largest absolute Gasteiger partial charge is 0.310 e. The van der Waals surface area contributed by atoms with Gasteiger partial charge in [0.25, 0.3) is 0 Å². The van der Waals surface area contributed by atoms with Crippen molar-refractivity contribution in [3.63, 3.8) is 0 Å². The van der Waals surface area contributed by atoms with Gasteiger partial charge in [-0.05, 0) is 106 Å². The Hall–Kier alpha value is -7.98. The van der Waals surface area contributed by atoms with Crippen LogP contribution in [0.2, 0.25) is 0 Å². The van der Waals surface area contributed by atoms with Crippen LogP contribution in [0, 0.1) is 0 Å². The fourth-order valence-corrected chi connectivity index (χ4v) is 10.7. The fraction of sp³-hybridized carbons (Fsp3) is 0. The molecule has 0 atom stereocenters. The molecule has 12 aromatic rings. The van der Waals surface area contributed by atoms with Crippen LogP contribution in [0.5, 0.6) is 0 Å². The Labute approximate surface area is 370 Å². The molecule has 0 saturated carbocycles. The van der Waals surface area contributed by atoms with Crippen molar-refractivity contribution in [3.8, 4) is 50.2 Å². The highest BCUT2D eigenvalue weighted by Gasteiger charge is 2.21. The normalized spacial score (nSPS) is 11.5. The van der Waals surface area contributed by atoms with Crippen LogP contribution >= 0.6 is 11.3 Å². The first kappa shape index (κ1) is 36.8. The van der Waals surface area contributed by atoms with E-state index in [2.05, 4.69) is 252 Å². The number of nitrogens with zero attached hydrogens (tertiary/aromatic N) is 2. The summed E-state index contributed by atoms with van der Waals surface area (Å²) >= 11 is 1.86. The number of anilines is 3. The molecule has 0 aliphatic heterocycles. The molecule has 0 aliphatic rings. The zero-order valence-corrected chi connectivity index (χ0v) is 35.2. The molecule has 0 spiro atoms. The lowest BCUT2D eigenvalue weighted by Gasteiger charge is -2.29. The van der Waals surface area contributed by atoms with Crippen molar-refractivity contribution in [2.24, 2.45) is 0 Å². The van der Waals surface area contributed by atoms with Crippen LogP contribution in [-0.4, -0.2) is 4.57 Å². The number of benzene rings is 10. The van der Waals surface area contributed by atoms with Crippen molar-refractivity contribution in [1.29, 1.82) is 0 Å². The molecule has 0 radical (unpaired) electrons. The Morgan fingerprint density at radius 1 is 0.302 bits per heavy atom. The minimum Gasteiger partial charge on any atom is -0.310 e. The first-order chi connectivity index (χ1) is 31.3. The van der Waals surface area contributed by atoms with Gasteiger partial charge in [0.15, 0.2) is 0 Å². The third-order valence-electron chi connectivity index (χ3n) is 12.4. The second-order valence-electron chi connectivity index (χ2n) is 16.1. The van der Waals surface area contributed by atoms with Gasteiger partial charge < -0.3 is 9.47 Å². The molecule has 0 N–H and O–H groups in total. The zero-order valence-electron chi connectivity index (χ0n) is 34.4. The second kappa shape index (κ2) is 15.5. The number of fused-ring (bicyclic) bond motifs is 6. The topological polar surface area (TPSA) is 8.17 Å². The standard InChI is InChI=1S/C60H40N2S/c1-3-17-42(18-4-1)47-21-7-8-22-48(47)49-23-9-10-24-50(49)51-25-11-14-28-56(51)61(46-36-37-54-53-27-13-16-30-59(53)63-60(54)40-46)45-34-31-41(32-35-45)43-33-38-58-55(39-43)52-26-12-15-29-57(52)62(58)44-19-5-2-6-20-44/h1-40H. The molecule has 63 heavy (non-hydrogen) atoms.